The number of hydrogen-bond acceptors (Lipinski definition) is 7. The molecule has 0 aliphatic rings. The molecule has 0 fully saturated rings. The van der Waals surface area contributed by atoms with Crippen molar-refractivity contribution in [2.24, 2.45) is 0 Å². The lowest BCUT2D eigenvalue weighted by Gasteiger charge is -2.02. The normalized spacial score (nSPS) is 11.1. The first-order valence-electron chi connectivity index (χ1n) is 8.54. The monoisotopic (exact) mass is 430 g/mol. The predicted octanol–water partition coefficient (Wildman–Crippen LogP) is 2.77. The zero-order chi connectivity index (χ0) is 20.4. The van der Waals surface area contributed by atoms with Crippen LogP contribution in [0, 0.1) is 6.92 Å². The molecule has 3 heterocycles. The molecule has 0 saturated carbocycles. The van der Waals surface area contributed by atoms with E-state index in [1.807, 2.05) is 24.3 Å². The molecular formula is C18H15ClN6O3S. The summed E-state index contributed by atoms with van der Waals surface area (Å²) >= 11 is 7.35. The molecule has 0 spiro atoms. The third-order valence-corrected chi connectivity index (χ3v) is 5.24. The molecule has 0 unspecified atom stereocenters. The molecule has 0 aliphatic carbocycles. The van der Waals surface area contributed by atoms with Crippen molar-refractivity contribution in [1.29, 1.82) is 0 Å². The lowest BCUT2D eigenvalue weighted by Crippen LogP contribution is -2.28. The van der Waals surface area contributed by atoms with Crippen molar-refractivity contribution in [2.45, 2.75) is 24.2 Å². The Balaban J connectivity index is 1.53. The van der Waals surface area contributed by atoms with Crippen LogP contribution < -0.4 is 11.0 Å². The first kappa shape index (κ1) is 19.2. The first-order chi connectivity index (χ1) is 14.0. The van der Waals surface area contributed by atoms with Gasteiger partial charge in [-0.3, -0.25) is 4.79 Å². The van der Waals surface area contributed by atoms with Crippen molar-refractivity contribution < 1.29 is 9.32 Å². The van der Waals surface area contributed by atoms with Gasteiger partial charge >= 0.3 is 5.69 Å². The lowest BCUT2D eigenvalue weighted by molar-refractivity contribution is -0.117. The van der Waals surface area contributed by atoms with E-state index >= 15 is 0 Å². The number of fused-ring (bicyclic) bond motifs is 1. The minimum absolute atomic E-state index is 0.256. The van der Waals surface area contributed by atoms with E-state index in [-0.39, 0.29) is 12.4 Å². The summed E-state index contributed by atoms with van der Waals surface area (Å²) in [5.41, 5.74) is 1.02. The summed E-state index contributed by atoms with van der Waals surface area (Å²) in [6.07, 6.45) is 3.05. The number of anilines is 1. The Morgan fingerprint density at radius 3 is 2.83 bits per heavy atom. The third-order valence-electron chi connectivity index (χ3n) is 3.95. The maximum Gasteiger partial charge on any atom is 0.350 e. The fourth-order valence-electron chi connectivity index (χ4n) is 2.61. The second-order valence-corrected chi connectivity index (χ2v) is 7.55. The van der Waals surface area contributed by atoms with E-state index in [4.69, 9.17) is 16.1 Å². The van der Waals surface area contributed by atoms with Crippen molar-refractivity contribution >= 4 is 40.7 Å². The number of carbonyl (C=O) groups is 1. The summed E-state index contributed by atoms with van der Waals surface area (Å²) in [6, 6.07) is 9.07. The lowest BCUT2D eigenvalue weighted by atomic mass is 10.2. The SMILES string of the molecule is Cc1cc(NC(=O)Cn2nc3c(SCc4ccc(Cl)cc4)nccn3c2=O)no1. The number of nitrogens with one attached hydrogen (secondary N) is 1. The fourth-order valence-corrected chi connectivity index (χ4v) is 3.63. The Morgan fingerprint density at radius 1 is 1.31 bits per heavy atom. The number of benzene rings is 1. The molecule has 4 aromatic rings. The van der Waals surface area contributed by atoms with Gasteiger partial charge in [-0.15, -0.1) is 5.10 Å². The number of aromatic nitrogens is 5. The standard InChI is InChI=1S/C18H15ClN6O3S/c1-11-8-14(23-28-11)21-15(26)9-25-18(27)24-7-6-20-17(16(24)22-25)29-10-12-2-4-13(19)5-3-12/h2-8H,9-10H2,1H3,(H,21,23,26). The van der Waals surface area contributed by atoms with Crippen molar-refractivity contribution in [3.8, 4) is 0 Å². The molecule has 0 atom stereocenters. The van der Waals surface area contributed by atoms with Gasteiger partial charge in [-0.05, 0) is 24.6 Å². The number of aryl methyl sites for hydroxylation is 1. The van der Waals surface area contributed by atoms with Gasteiger partial charge in [-0.2, -0.15) is 0 Å². The van der Waals surface area contributed by atoms with Crippen molar-refractivity contribution in [2.75, 3.05) is 5.32 Å². The molecule has 0 saturated heterocycles. The quantitative estimate of drug-likeness (QED) is 0.468. The second-order valence-electron chi connectivity index (χ2n) is 6.15. The van der Waals surface area contributed by atoms with Crippen LogP contribution in [-0.2, 0) is 17.1 Å². The Labute approximate surface area is 173 Å². The van der Waals surface area contributed by atoms with E-state index in [0.29, 0.717) is 27.2 Å². The molecule has 1 amide bonds. The smallest absolute Gasteiger partial charge is 0.350 e. The Kier molecular flexibility index (Phi) is 5.36. The van der Waals surface area contributed by atoms with E-state index in [9.17, 15) is 9.59 Å². The zero-order valence-electron chi connectivity index (χ0n) is 15.2. The Morgan fingerprint density at radius 2 is 2.10 bits per heavy atom. The molecule has 9 nitrogen and oxygen atoms in total. The topological polar surface area (TPSA) is 107 Å². The first-order valence-corrected chi connectivity index (χ1v) is 9.90. The van der Waals surface area contributed by atoms with Crippen LogP contribution in [0.3, 0.4) is 0 Å². The number of nitrogens with zero attached hydrogens (tertiary/aromatic N) is 5. The van der Waals surface area contributed by atoms with E-state index in [1.165, 1.54) is 28.6 Å². The van der Waals surface area contributed by atoms with Gasteiger partial charge in [-0.25, -0.2) is 18.9 Å². The van der Waals surface area contributed by atoms with Gasteiger partial charge in [0, 0.05) is 29.2 Å². The minimum atomic E-state index is -0.438. The molecule has 3 aromatic heterocycles. The summed E-state index contributed by atoms with van der Waals surface area (Å²) in [6.45, 7) is 1.46. The average molecular weight is 431 g/mol. The molecule has 0 bridgehead atoms. The van der Waals surface area contributed by atoms with Gasteiger partial charge in [0.05, 0.1) is 0 Å². The molecule has 0 aliphatic heterocycles. The number of amides is 1. The Hall–Kier alpha value is -3.11. The van der Waals surface area contributed by atoms with Gasteiger partial charge in [0.2, 0.25) is 5.91 Å². The van der Waals surface area contributed by atoms with Gasteiger partial charge in [0.15, 0.2) is 11.5 Å². The largest absolute Gasteiger partial charge is 0.360 e. The Bertz CT molecular complexity index is 1230. The molecule has 29 heavy (non-hydrogen) atoms. The summed E-state index contributed by atoms with van der Waals surface area (Å²) in [5.74, 6) is 1.05. The van der Waals surface area contributed by atoms with Gasteiger partial charge in [-0.1, -0.05) is 40.7 Å². The van der Waals surface area contributed by atoms with Crippen LogP contribution in [0.5, 0.6) is 0 Å². The summed E-state index contributed by atoms with van der Waals surface area (Å²) in [7, 11) is 0. The highest BCUT2D eigenvalue weighted by molar-refractivity contribution is 7.98. The number of hydrogen-bond donors (Lipinski definition) is 1. The molecule has 11 heteroatoms. The van der Waals surface area contributed by atoms with Gasteiger partial charge in [0.1, 0.15) is 17.3 Å². The number of rotatable bonds is 6. The fraction of sp³-hybridized carbons (Fsp3) is 0.167. The predicted molar refractivity (Wildman–Crippen MR) is 108 cm³/mol. The van der Waals surface area contributed by atoms with E-state index in [0.717, 1.165) is 10.2 Å². The molecule has 0 radical (unpaired) electrons. The van der Waals surface area contributed by atoms with Gasteiger partial charge in [0.25, 0.3) is 0 Å². The zero-order valence-corrected chi connectivity index (χ0v) is 16.8. The van der Waals surface area contributed by atoms with E-state index in [2.05, 4.69) is 20.6 Å². The van der Waals surface area contributed by atoms with Crippen LogP contribution in [0.2, 0.25) is 5.02 Å². The van der Waals surface area contributed by atoms with Crippen LogP contribution in [0.1, 0.15) is 11.3 Å². The van der Waals surface area contributed by atoms with Gasteiger partial charge < -0.3 is 9.84 Å². The summed E-state index contributed by atoms with van der Waals surface area (Å²) in [5, 5.41) is 11.8. The van der Waals surface area contributed by atoms with Crippen LogP contribution in [0.15, 0.2) is 57.1 Å². The molecular weight excluding hydrogens is 416 g/mol. The molecule has 148 valence electrons. The molecule has 4 rings (SSSR count). The van der Waals surface area contributed by atoms with Crippen LogP contribution >= 0.6 is 23.4 Å². The highest BCUT2D eigenvalue weighted by Gasteiger charge is 2.15. The highest BCUT2D eigenvalue weighted by Crippen LogP contribution is 2.24. The number of carbonyl (C=O) groups excluding carboxylic acids is 1. The molecule has 1 N–H and O–H groups in total. The van der Waals surface area contributed by atoms with Crippen molar-refractivity contribution in [1.82, 2.24) is 24.3 Å². The maximum absolute atomic E-state index is 12.6. The maximum atomic E-state index is 12.6. The highest BCUT2D eigenvalue weighted by atomic mass is 35.5. The van der Waals surface area contributed by atoms with Crippen LogP contribution in [0.25, 0.3) is 5.65 Å². The average Bonchev–Trinajstić information content (AvgIpc) is 3.25. The minimum Gasteiger partial charge on any atom is -0.360 e. The second kappa shape index (κ2) is 8.10. The van der Waals surface area contributed by atoms with Crippen LogP contribution in [0.4, 0.5) is 5.82 Å². The molecule has 1 aromatic carbocycles. The van der Waals surface area contributed by atoms with Crippen LogP contribution in [-0.4, -0.2) is 30.2 Å². The van der Waals surface area contributed by atoms with E-state index in [1.54, 1.807) is 13.0 Å². The summed E-state index contributed by atoms with van der Waals surface area (Å²) < 4.78 is 7.36. The van der Waals surface area contributed by atoms with Crippen molar-refractivity contribution in [3.05, 3.63) is 69.6 Å². The van der Waals surface area contributed by atoms with Crippen molar-refractivity contribution in [3.63, 3.8) is 0 Å². The van der Waals surface area contributed by atoms with E-state index < -0.39 is 11.6 Å². The number of thioether (sulfide) groups is 1. The summed E-state index contributed by atoms with van der Waals surface area (Å²) in [4.78, 5) is 29.1. The third kappa shape index (κ3) is 4.33. The number of halogens is 1.